The molecule has 6 heterocycles. The maximum atomic E-state index is 6.37. The van der Waals surface area contributed by atoms with Crippen molar-refractivity contribution in [1.82, 2.24) is 9.88 Å². The molecule has 4 aliphatic heterocycles. The summed E-state index contributed by atoms with van der Waals surface area (Å²) in [5.41, 5.74) is 3.44. The quantitative estimate of drug-likeness (QED) is 0.806. The van der Waals surface area contributed by atoms with Gasteiger partial charge in [-0.05, 0) is 38.1 Å². The van der Waals surface area contributed by atoms with Crippen molar-refractivity contribution in [2.45, 2.75) is 24.9 Å². The highest BCUT2D eigenvalue weighted by atomic mass is 16.5. The third kappa shape index (κ3) is 1.69. The van der Waals surface area contributed by atoms with E-state index >= 15 is 0 Å². The van der Waals surface area contributed by atoms with Gasteiger partial charge in [-0.15, -0.1) is 0 Å². The fourth-order valence-corrected chi connectivity index (χ4v) is 4.29. The van der Waals surface area contributed by atoms with E-state index in [9.17, 15) is 0 Å². The van der Waals surface area contributed by atoms with E-state index in [2.05, 4.69) is 16.0 Å². The van der Waals surface area contributed by atoms with Crippen LogP contribution in [0.1, 0.15) is 18.4 Å². The lowest BCUT2D eigenvalue weighted by Crippen LogP contribution is -2.61. The molecule has 0 radical (unpaired) electrons. The number of nitrogens with zero attached hydrogens (tertiary/aromatic N) is 2. The molecule has 3 fully saturated rings. The van der Waals surface area contributed by atoms with Crippen LogP contribution < -0.4 is 4.74 Å². The predicted molar refractivity (Wildman–Crippen MR) is 78.2 cm³/mol. The Morgan fingerprint density at radius 2 is 2.14 bits per heavy atom. The van der Waals surface area contributed by atoms with E-state index in [0.29, 0.717) is 5.92 Å². The molecule has 4 aliphatic rings. The van der Waals surface area contributed by atoms with Gasteiger partial charge in [0, 0.05) is 41.8 Å². The lowest BCUT2D eigenvalue weighted by molar-refractivity contribution is -0.0814. The molecule has 21 heavy (non-hydrogen) atoms. The van der Waals surface area contributed by atoms with Crippen molar-refractivity contribution >= 4 is 0 Å². The summed E-state index contributed by atoms with van der Waals surface area (Å²) in [6, 6.07) is 4.20. The van der Waals surface area contributed by atoms with Gasteiger partial charge in [0.05, 0.1) is 12.5 Å². The topological polar surface area (TPSA) is 38.5 Å². The summed E-state index contributed by atoms with van der Waals surface area (Å²) < 4.78 is 11.5. The standard InChI is InChI=1S/C17H18N2O2/c1-4-19-5-2-15(1)17(11-19)8-13-7-14(9-18-16(13)21-17)12-3-6-20-10-12/h3,6-7,9-10,15H,1-2,4-5,8,11H2. The fourth-order valence-electron chi connectivity index (χ4n) is 4.29. The van der Waals surface area contributed by atoms with Gasteiger partial charge in [0.15, 0.2) is 0 Å². The molecule has 2 bridgehead atoms. The zero-order chi connectivity index (χ0) is 13.9. The lowest BCUT2D eigenvalue weighted by Gasteiger charge is -2.50. The third-order valence-corrected chi connectivity index (χ3v) is 5.39. The van der Waals surface area contributed by atoms with Crippen LogP contribution in [0.25, 0.3) is 11.1 Å². The van der Waals surface area contributed by atoms with E-state index in [1.54, 1.807) is 12.5 Å². The summed E-state index contributed by atoms with van der Waals surface area (Å²) in [6.45, 7) is 3.54. The molecule has 4 heteroatoms. The van der Waals surface area contributed by atoms with Crippen LogP contribution in [0.5, 0.6) is 5.88 Å². The molecule has 0 aliphatic carbocycles. The van der Waals surface area contributed by atoms with Crippen molar-refractivity contribution < 1.29 is 9.15 Å². The normalized spacial score (nSPS) is 33.1. The molecule has 4 nitrogen and oxygen atoms in total. The highest BCUT2D eigenvalue weighted by molar-refractivity contribution is 5.63. The van der Waals surface area contributed by atoms with Crippen molar-refractivity contribution in [3.05, 3.63) is 36.4 Å². The Morgan fingerprint density at radius 1 is 1.24 bits per heavy atom. The first-order valence-electron chi connectivity index (χ1n) is 7.75. The minimum Gasteiger partial charge on any atom is -0.472 e. The number of rotatable bonds is 1. The Balaban J connectivity index is 1.51. The van der Waals surface area contributed by atoms with Gasteiger partial charge in [-0.3, -0.25) is 4.90 Å². The number of piperidine rings is 3. The van der Waals surface area contributed by atoms with Crippen LogP contribution in [0, 0.1) is 5.92 Å². The summed E-state index contributed by atoms with van der Waals surface area (Å²) in [6.07, 6.45) is 8.90. The van der Waals surface area contributed by atoms with Gasteiger partial charge in [0.2, 0.25) is 5.88 Å². The minimum atomic E-state index is -0.0130. The van der Waals surface area contributed by atoms with E-state index in [0.717, 1.165) is 30.0 Å². The lowest BCUT2D eigenvalue weighted by atomic mass is 9.73. The molecule has 3 saturated heterocycles. The summed E-state index contributed by atoms with van der Waals surface area (Å²) in [7, 11) is 0. The molecule has 0 aromatic carbocycles. The van der Waals surface area contributed by atoms with Crippen molar-refractivity contribution in [3.8, 4) is 17.0 Å². The van der Waals surface area contributed by atoms with Gasteiger partial charge in [-0.25, -0.2) is 4.98 Å². The van der Waals surface area contributed by atoms with Gasteiger partial charge in [0.1, 0.15) is 5.60 Å². The van der Waals surface area contributed by atoms with Gasteiger partial charge in [0.25, 0.3) is 0 Å². The Morgan fingerprint density at radius 3 is 2.86 bits per heavy atom. The van der Waals surface area contributed by atoms with E-state index in [1.165, 1.54) is 31.5 Å². The second kappa shape index (κ2) is 4.10. The molecule has 1 spiro atoms. The maximum absolute atomic E-state index is 6.37. The van der Waals surface area contributed by atoms with Crippen LogP contribution in [0.3, 0.4) is 0 Å². The minimum absolute atomic E-state index is 0.0130. The van der Waals surface area contributed by atoms with Crippen LogP contribution in [0.4, 0.5) is 0 Å². The number of ether oxygens (including phenoxy) is 1. The molecular formula is C17H18N2O2. The Hall–Kier alpha value is -1.81. The van der Waals surface area contributed by atoms with Crippen molar-refractivity contribution in [2.75, 3.05) is 19.6 Å². The number of furan rings is 1. The Bertz CT molecular complexity index is 674. The Kier molecular flexibility index (Phi) is 2.31. The molecule has 2 aromatic rings. The second-order valence-corrected chi connectivity index (χ2v) is 6.59. The SMILES string of the molecule is c1cc(-c2cnc3c(c2)CC2(CN4CCC2CC4)O3)co1. The summed E-state index contributed by atoms with van der Waals surface area (Å²) in [5.74, 6) is 1.53. The van der Waals surface area contributed by atoms with E-state index in [4.69, 9.17) is 9.15 Å². The van der Waals surface area contributed by atoms with E-state index in [1.807, 2.05) is 12.3 Å². The van der Waals surface area contributed by atoms with Crippen LogP contribution >= 0.6 is 0 Å². The summed E-state index contributed by atoms with van der Waals surface area (Å²) >= 11 is 0. The summed E-state index contributed by atoms with van der Waals surface area (Å²) in [5, 5.41) is 0. The number of aromatic nitrogens is 1. The zero-order valence-corrected chi connectivity index (χ0v) is 11.9. The highest BCUT2D eigenvalue weighted by Crippen LogP contribution is 2.46. The van der Waals surface area contributed by atoms with Gasteiger partial charge in [-0.2, -0.15) is 0 Å². The van der Waals surface area contributed by atoms with Crippen LogP contribution in [-0.2, 0) is 6.42 Å². The van der Waals surface area contributed by atoms with Crippen molar-refractivity contribution in [3.63, 3.8) is 0 Å². The average molecular weight is 282 g/mol. The monoisotopic (exact) mass is 282 g/mol. The predicted octanol–water partition coefficient (Wildman–Crippen LogP) is 2.74. The van der Waals surface area contributed by atoms with Gasteiger partial charge < -0.3 is 9.15 Å². The van der Waals surface area contributed by atoms with Crippen LogP contribution in [0.15, 0.2) is 35.3 Å². The first kappa shape index (κ1) is 11.8. The molecule has 0 amide bonds. The van der Waals surface area contributed by atoms with Crippen LogP contribution in [0.2, 0.25) is 0 Å². The molecule has 2 aromatic heterocycles. The molecule has 1 atom stereocenters. The fraction of sp³-hybridized carbons (Fsp3) is 0.471. The van der Waals surface area contributed by atoms with Crippen LogP contribution in [-0.4, -0.2) is 35.1 Å². The van der Waals surface area contributed by atoms with Crippen molar-refractivity contribution in [1.29, 1.82) is 0 Å². The molecule has 1 unspecified atom stereocenters. The molecule has 0 N–H and O–H groups in total. The first-order valence-corrected chi connectivity index (χ1v) is 7.75. The second-order valence-electron chi connectivity index (χ2n) is 6.59. The third-order valence-electron chi connectivity index (χ3n) is 5.39. The average Bonchev–Trinajstić information content (AvgIpc) is 3.14. The molecule has 6 rings (SSSR count). The largest absolute Gasteiger partial charge is 0.472 e. The Labute approximate surface area is 123 Å². The number of fused-ring (bicyclic) bond motifs is 3. The molecular weight excluding hydrogens is 264 g/mol. The van der Waals surface area contributed by atoms with E-state index < -0.39 is 0 Å². The van der Waals surface area contributed by atoms with E-state index in [-0.39, 0.29) is 5.60 Å². The molecule has 108 valence electrons. The summed E-state index contributed by atoms with van der Waals surface area (Å²) in [4.78, 5) is 7.11. The zero-order valence-electron chi connectivity index (χ0n) is 11.9. The number of hydrogen-bond donors (Lipinski definition) is 0. The first-order chi connectivity index (χ1) is 10.3. The number of hydrogen-bond acceptors (Lipinski definition) is 4. The van der Waals surface area contributed by atoms with Gasteiger partial charge >= 0.3 is 0 Å². The van der Waals surface area contributed by atoms with Crippen molar-refractivity contribution in [2.24, 2.45) is 5.92 Å². The molecule has 0 saturated carbocycles. The highest BCUT2D eigenvalue weighted by Gasteiger charge is 2.52. The number of pyridine rings is 1. The van der Waals surface area contributed by atoms with Gasteiger partial charge in [-0.1, -0.05) is 0 Å². The smallest absolute Gasteiger partial charge is 0.217 e. The maximum Gasteiger partial charge on any atom is 0.217 e.